The van der Waals surface area contributed by atoms with Crippen molar-refractivity contribution < 1.29 is 19.0 Å². The molecular weight excluding hydrogens is 428 g/mol. The van der Waals surface area contributed by atoms with E-state index in [1.54, 1.807) is 6.21 Å². The number of benzene rings is 4. The summed E-state index contributed by atoms with van der Waals surface area (Å²) in [6.07, 6.45) is 1.79. The average molecular weight is 453 g/mol. The van der Waals surface area contributed by atoms with Gasteiger partial charge in [-0.1, -0.05) is 60.7 Å². The zero-order chi connectivity index (χ0) is 23.2. The van der Waals surface area contributed by atoms with E-state index in [4.69, 9.17) is 14.2 Å². The Kier molecular flexibility index (Phi) is 6.38. The molecule has 34 heavy (non-hydrogen) atoms. The van der Waals surface area contributed by atoms with Crippen LogP contribution in [0.2, 0.25) is 0 Å². The zero-order valence-corrected chi connectivity index (χ0v) is 18.6. The van der Waals surface area contributed by atoms with Gasteiger partial charge in [-0.05, 0) is 46.2 Å². The van der Waals surface area contributed by atoms with Gasteiger partial charge < -0.3 is 14.2 Å². The highest BCUT2D eigenvalue weighted by atomic mass is 16.6. The van der Waals surface area contributed by atoms with Crippen LogP contribution in [0.1, 0.15) is 16.7 Å². The Bertz CT molecular complexity index is 1340. The van der Waals surface area contributed by atoms with Crippen molar-refractivity contribution in [2.24, 2.45) is 5.10 Å². The highest BCUT2D eigenvalue weighted by Gasteiger charge is 2.13. The Morgan fingerprint density at radius 3 is 2.65 bits per heavy atom. The molecule has 0 radical (unpaired) electrons. The fourth-order valence-electron chi connectivity index (χ4n) is 3.89. The lowest BCUT2D eigenvalue weighted by Gasteiger charge is -2.18. The zero-order valence-electron chi connectivity index (χ0n) is 18.6. The number of carbonyl (C=O) groups excluding carboxylic acids is 1. The van der Waals surface area contributed by atoms with Crippen molar-refractivity contribution in [2.45, 2.75) is 13.0 Å². The Labute approximate surface area is 197 Å². The molecule has 0 spiro atoms. The standard InChI is InChI=1S/C28H24N2O4/c31-28(17-20-12-13-26-27(16-20)33-15-14-32-26)30-29-18-22-7-2-4-11-25(22)34-19-23-9-5-8-21-6-1-3-10-24(21)23/h1-13,16,18H,14-15,17,19H2,(H,30,31)/b29-18-. The van der Waals surface area contributed by atoms with Crippen LogP contribution in [-0.4, -0.2) is 25.3 Å². The van der Waals surface area contributed by atoms with Gasteiger partial charge in [-0.3, -0.25) is 4.79 Å². The Balaban J connectivity index is 1.21. The first kappa shape index (κ1) is 21.5. The molecule has 4 aromatic carbocycles. The topological polar surface area (TPSA) is 69.2 Å². The second kappa shape index (κ2) is 10.1. The number of hydrogen-bond donors (Lipinski definition) is 1. The SMILES string of the molecule is O=C(Cc1ccc2c(c1)OCCO2)N/N=C\c1ccccc1OCc1cccc2ccccc12. The summed E-state index contributed by atoms with van der Waals surface area (Å²) in [5, 5.41) is 6.48. The van der Waals surface area contributed by atoms with E-state index >= 15 is 0 Å². The van der Waals surface area contributed by atoms with Gasteiger partial charge in [0.25, 0.3) is 0 Å². The van der Waals surface area contributed by atoms with Crippen molar-refractivity contribution >= 4 is 22.9 Å². The Morgan fingerprint density at radius 1 is 0.912 bits per heavy atom. The van der Waals surface area contributed by atoms with Gasteiger partial charge in [0.2, 0.25) is 5.91 Å². The van der Waals surface area contributed by atoms with Crippen molar-refractivity contribution in [1.82, 2.24) is 5.43 Å². The average Bonchev–Trinajstić information content (AvgIpc) is 2.88. The van der Waals surface area contributed by atoms with E-state index in [2.05, 4.69) is 34.8 Å². The van der Waals surface area contributed by atoms with Crippen molar-refractivity contribution in [3.63, 3.8) is 0 Å². The fourth-order valence-corrected chi connectivity index (χ4v) is 3.89. The summed E-state index contributed by atoms with van der Waals surface area (Å²) in [6, 6.07) is 27.5. The van der Waals surface area contributed by atoms with E-state index in [1.807, 2.05) is 60.7 Å². The maximum absolute atomic E-state index is 12.4. The molecule has 0 aromatic heterocycles. The molecule has 5 rings (SSSR count). The summed E-state index contributed by atoms with van der Waals surface area (Å²) in [5.41, 5.74) is 5.31. The van der Waals surface area contributed by atoms with Crippen molar-refractivity contribution in [3.05, 3.63) is 102 Å². The summed E-state index contributed by atoms with van der Waals surface area (Å²) < 4.78 is 17.2. The van der Waals surface area contributed by atoms with Gasteiger partial charge in [0.05, 0.1) is 12.6 Å². The number of rotatable bonds is 7. The highest BCUT2D eigenvalue weighted by molar-refractivity contribution is 5.86. The second-order valence-electron chi connectivity index (χ2n) is 7.91. The molecule has 0 atom stereocenters. The van der Waals surface area contributed by atoms with Gasteiger partial charge in [-0.25, -0.2) is 5.43 Å². The lowest BCUT2D eigenvalue weighted by molar-refractivity contribution is -0.120. The highest BCUT2D eigenvalue weighted by Crippen LogP contribution is 2.30. The quantitative estimate of drug-likeness (QED) is 0.320. The number of para-hydroxylation sites is 1. The molecule has 170 valence electrons. The van der Waals surface area contributed by atoms with Gasteiger partial charge >= 0.3 is 0 Å². The molecule has 1 amide bonds. The molecule has 0 aliphatic carbocycles. The third-order valence-electron chi connectivity index (χ3n) is 5.55. The molecule has 0 fully saturated rings. The third kappa shape index (κ3) is 5.02. The Morgan fingerprint density at radius 2 is 1.71 bits per heavy atom. The first-order valence-electron chi connectivity index (χ1n) is 11.2. The van der Waals surface area contributed by atoms with E-state index in [9.17, 15) is 4.79 Å². The third-order valence-corrected chi connectivity index (χ3v) is 5.55. The second-order valence-corrected chi connectivity index (χ2v) is 7.91. The van der Waals surface area contributed by atoms with E-state index in [0.29, 0.717) is 37.1 Å². The van der Waals surface area contributed by atoms with Crippen molar-refractivity contribution in [2.75, 3.05) is 13.2 Å². The number of hydrogen-bond acceptors (Lipinski definition) is 5. The van der Waals surface area contributed by atoms with Crippen LogP contribution in [0, 0.1) is 0 Å². The van der Waals surface area contributed by atoms with Crippen LogP contribution < -0.4 is 19.6 Å². The molecule has 4 aromatic rings. The molecular formula is C28H24N2O4. The molecule has 1 aliphatic rings. The molecule has 6 heteroatoms. The minimum Gasteiger partial charge on any atom is -0.488 e. The van der Waals surface area contributed by atoms with Gasteiger partial charge in [0.15, 0.2) is 11.5 Å². The van der Waals surface area contributed by atoms with E-state index in [0.717, 1.165) is 16.7 Å². The lowest BCUT2D eigenvalue weighted by Crippen LogP contribution is -2.20. The first-order valence-corrected chi connectivity index (χ1v) is 11.2. The number of fused-ring (bicyclic) bond motifs is 2. The molecule has 1 aliphatic heterocycles. The first-order chi connectivity index (χ1) is 16.8. The summed E-state index contributed by atoms with van der Waals surface area (Å²) in [7, 11) is 0. The number of carbonyl (C=O) groups is 1. The number of nitrogens with zero attached hydrogens (tertiary/aromatic N) is 1. The van der Waals surface area contributed by atoms with E-state index in [1.165, 1.54) is 10.8 Å². The maximum atomic E-state index is 12.4. The molecule has 6 nitrogen and oxygen atoms in total. The van der Waals surface area contributed by atoms with Crippen LogP contribution in [0.3, 0.4) is 0 Å². The minimum absolute atomic E-state index is 0.188. The van der Waals surface area contributed by atoms with Crippen LogP contribution in [0.5, 0.6) is 17.2 Å². The molecule has 0 saturated carbocycles. The van der Waals surface area contributed by atoms with Gasteiger partial charge in [-0.2, -0.15) is 5.10 Å². The van der Waals surface area contributed by atoms with Gasteiger partial charge in [0.1, 0.15) is 25.6 Å². The minimum atomic E-state index is -0.220. The summed E-state index contributed by atoms with van der Waals surface area (Å²) in [6.45, 7) is 1.48. The van der Waals surface area contributed by atoms with Crippen LogP contribution >= 0.6 is 0 Å². The maximum Gasteiger partial charge on any atom is 0.244 e. The van der Waals surface area contributed by atoms with E-state index < -0.39 is 0 Å². The number of hydrazone groups is 1. The summed E-state index contributed by atoms with van der Waals surface area (Å²) in [4.78, 5) is 12.4. The normalized spacial score (nSPS) is 12.6. The van der Waals surface area contributed by atoms with Crippen molar-refractivity contribution in [3.8, 4) is 17.2 Å². The number of amides is 1. The van der Waals surface area contributed by atoms with Crippen LogP contribution in [-0.2, 0) is 17.8 Å². The number of ether oxygens (including phenoxy) is 3. The smallest absolute Gasteiger partial charge is 0.244 e. The predicted molar refractivity (Wildman–Crippen MR) is 132 cm³/mol. The van der Waals surface area contributed by atoms with Crippen LogP contribution in [0.4, 0.5) is 0 Å². The summed E-state index contributed by atoms with van der Waals surface area (Å²) >= 11 is 0. The largest absolute Gasteiger partial charge is 0.488 e. The molecule has 0 unspecified atom stereocenters. The lowest BCUT2D eigenvalue weighted by atomic mass is 10.1. The predicted octanol–water partition coefficient (Wildman–Crippen LogP) is 4.88. The summed E-state index contributed by atoms with van der Waals surface area (Å²) in [5.74, 6) is 1.84. The van der Waals surface area contributed by atoms with E-state index in [-0.39, 0.29) is 12.3 Å². The monoisotopic (exact) mass is 452 g/mol. The van der Waals surface area contributed by atoms with Crippen molar-refractivity contribution in [1.29, 1.82) is 0 Å². The number of nitrogens with one attached hydrogen (secondary N) is 1. The van der Waals surface area contributed by atoms with Gasteiger partial charge in [-0.15, -0.1) is 0 Å². The molecule has 0 saturated heterocycles. The molecule has 0 bridgehead atoms. The fraction of sp³-hybridized carbons (Fsp3) is 0.143. The molecule has 1 N–H and O–H groups in total. The Hall–Kier alpha value is -4.32. The van der Waals surface area contributed by atoms with Gasteiger partial charge in [0, 0.05) is 5.56 Å². The van der Waals surface area contributed by atoms with Crippen LogP contribution in [0.15, 0.2) is 90.0 Å². The van der Waals surface area contributed by atoms with Crippen LogP contribution in [0.25, 0.3) is 10.8 Å². The molecule has 1 heterocycles.